The minimum atomic E-state index is -0.978. The predicted octanol–water partition coefficient (Wildman–Crippen LogP) is 1.97. The van der Waals surface area contributed by atoms with Crippen LogP contribution in [0.3, 0.4) is 0 Å². The number of phenolic OH excluding ortho intramolecular Hbond substituents is 1. The molecular weight excluding hydrogens is 334 g/mol. The van der Waals surface area contributed by atoms with E-state index in [0.29, 0.717) is 6.42 Å². The number of carbonyl (C=O) groups is 1. The van der Waals surface area contributed by atoms with Crippen LogP contribution in [0.1, 0.15) is 17.5 Å². The van der Waals surface area contributed by atoms with E-state index in [0.717, 1.165) is 16.9 Å². The molecule has 140 valence electrons. The highest BCUT2D eigenvalue weighted by Crippen LogP contribution is 2.20. The molecule has 0 aliphatic heterocycles. The lowest BCUT2D eigenvalue weighted by Gasteiger charge is -2.22. The van der Waals surface area contributed by atoms with Crippen LogP contribution in [-0.2, 0) is 17.6 Å². The van der Waals surface area contributed by atoms with Gasteiger partial charge in [-0.25, -0.2) is 0 Å². The second-order valence-electron chi connectivity index (χ2n) is 6.42. The van der Waals surface area contributed by atoms with E-state index < -0.39 is 24.0 Å². The molecule has 0 aromatic heterocycles. The summed E-state index contributed by atoms with van der Waals surface area (Å²) in [5.74, 6) is -0.866. The largest absolute Gasteiger partial charge is 0.508 e. The fourth-order valence-electron chi connectivity index (χ4n) is 2.82. The van der Waals surface area contributed by atoms with Crippen molar-refractivity contribution in [3.63, 3.8) is 0 Å². The molecule has 3 atom stereocenters. The highest BCUT2D eigenvalue weighted by molar-refractivity contribution is 5.70. The van der Waals surface area contributed by atoms with Crippen LogP contribution in [0.5, 0.6) is 11.5 Å². The molecule has 26 heavy (non-hydrogen) atoms. The molecule has 3 unspecified atom stereocenters. The summed E-state index contributed by atoms with van der Waals surface area (Å²) >= 11 is 0. The number of nitrogens with two attached hydrogens (primary N) is 1. The van der Waals surface area contributed by atoms with Gasteiger partial charge in [0, 0.05) is 6.04 Å². The Morgan fingerprint density at radius 2 is 1.58 bits per heavy atom. The summed E-state index contributed by atoms with van der Waals surface area (Å²) in [6, 6.07) is 13.2. The maximum atomic E-state index is 11.5. The van der Waals surface area contributed by atoms with E-state index >= 15 is 0 Å². The molecule has 2 rings (SSSR count). The van der Waals surface area contributed by atoms with Crippen molar-refractivity contribution in [1.29, 1.82) is 0 Å². The Balaban J connectivity index is 1.95. The number of hydrogen-bond donors (Lipinski definition) is 4. The van der Waals surface area contributed by atoms with Gasteiger partial charge in [0.25, 0.3) is 0 Å². The van der Waals surface area contributed by atoms with Crippen molar-refractivity contribution in [2.24, 2.45) is 11.7 Å². The van der Waals surface area contributed by atoms with Crippen molar-refractivity contribution >= 4 is 5.97 Å². The van der Waals surface area contributed by atoms with Crippen LogP contribution >= 0.6 is 0 Å². The maximum Gasteiger partial charge on any atom is 0.306 e. The van der Waals surface area contributed by atoms with Gasteiger partial charge in [0.15, 0.2) is 0 Å². The quantitative estimate of drug-likeness (QED) is 0.544. The standard InChI is InChI=1S/C20H25NO5/c1-26-17-8-4-14(5-9-17)11-18(21)19(23)12-15(20(24)25)10-13-2-6-16(22)7-3-13/h2-9,15,18-19,22-23H,10-12,21H2,1H3,(H,24,25). The Bertz CT molecular complexity index is 699. The number of hydrogen-bond acceptors (Lipinski definition) is 5. The minimum Gasteiger partial charge on any atom is -0.508 e. The third kappa shape index (κ3) is 5.75. The summed E-state index contributed by atoms with van der Waals surface area (Å²) < 4.78 is 5.10. The van der Waals surface area contributed by atoms with Gasteiger partial charge >= 0.3 is 5.97 Å². The van der Waals surface area contributed by atoms with E-state index in [9.17, 15) is 20.1 Å². The van der Waals surface area contributed by atoms with Crippen LogP contribution in [0.15, 0.2) is 48.5 Å². The summed E-state index contributed by atoms with van der Waals surface area (Å²) in [7, 11) is 1.59. The van der Waals surface area contributed by atoms with Gasteiger partial charge < -0.3 is 25.8 Å². The molecular formula is C20H25NO5. The number of aliphatic hydroxyl groups excluding tert-OH is 1. The molecule has 0 saturated heterocycles. The van der Waals surface area contributed by atoms with Crippen molar-refractivity contribution in [1.82, 2.24) is 0 Å². The molecule has 0 fully saturated rings. The van der Waals surface area contributed by atoms with Crippen molar-refractivity contribution in [3.8, 4) is 11.5 Å². The van der Waals surface area contributed by atoms with E-state index in [4.69, 9.17) is 10.5 Å². The minimum absolute atomic E-state index is 0.0630. The molecule has 0 saturated carbocycles. The summed E-state index contributed by atoms with van der Waals surface area (Å²) in [5, 5.41) is 29.1. The zero-order chi connectivity index (χ0) is 19.1. The number of carboxylic acids is 1. The maximum absolute atomic E-state index is 11.5. The number of phenols is 1. The van der Waals surface area contributed by atoms with Crippen LogP contribution in [0, 0.1) is 5.92 Å². The van der Waals surface area contributed by atoms with Gasteiger partial charge in [0.1, 0.15) is 11.5 Å². The van der Waals surface area contributed by atoms with Gasteiger partial charge in [-0.3, -0.25) is 4.79 Å². The first kappa shape index (κ1) is 19.8. The van der Waals surface area contributed by atoms with Crippen molar-refractivity contribution in [2.45, 2.75) is 31.4 Å². The smallest absolute Gasteiger partial charge is 0.306 e. The molecule has 0 aliphatic rings. The van der Waals surface area contributed by atoms with Crippen molar-refractivity contribution in [2.75, 3.05) is 7.11 Å². The lowest BCUT2D eigenvalue weighted by Crippen LogP contribution is -2.39. The van der Waals surface area contributed by atoms with E-state index in [1.807, 2.05) is 24.3 Å². The molecule has 0 heterocycles. The number of methoxy groups -OCH3 is 1. The third-order valence-electron chi connectivity index (χ3n) is 4.42. The molecule has 0 spiro atoms. The molecule has 0 bridgehead atoms. The van der Waals surface area contributed by atoms with Gasteiger partial charge in [0.05, 0.1) is 19.1 Å². The van der Waals surface area contributed by atoms with E-state index in [1.165, 1.54) is 12.1 Å². The summed E-state index contributed by atoms with van der Waals surface area (Å²) in [5.41, 5.74) is 7.80. The van der Waals surface area contributed by atoms with Gasteiger partial charge in [-0.05, 0) is 54.7 Å². The Labute approximate surface area is 152 Å². The Kier molecular flexibility index (Phi) is 7.00. The van der Waals surface area contributed by atoms with Gasteiger partial charge in [-0.2, -0.15) is 0 Å². The predicted molar refractivity (Wildman–Crippen MR) is 98.2 cm³/mol. The van der Waals surface area contributed by atoms with Crippen LogP contribution in [0.2, 0.25) is 0 Å². The van der Waals surface area contributed by atoms with Gasteiger partial charge in [-0.15, -0.1) is 0 Å². The average molecular weight is 359 g/mol. The first-order valence-corrected chi connectivity index (χ1v) is 8.46. The third-order valence-corrected chi connectivity index (χ3v) is 4.42. The first-order valence-electron chi connectivity index (χ1n) is 8.46. The Morgan fingerprint density at radius 3 is 2.12 bits per heavy atom. The number of ether oxygens (including phenoxy) is 1. The van der Waals surface area contributed by atoms with Crippen LogP contribution in [-0.4, -0.2) is 40.5 Å². The molecule has 6 nitrogen and oxygen atoms in total. The molecule has 2 aromatic carbocycles. The Morgan fingerprint density at radius 1 is 1.04 bits per heavy atom. The zero-order valence-corrected chi connectivity index (χ0v) is 14.7. The van der Waals surface area contributed by atoms with E-state index in [-0.39, 0.29) is 18.6 Å². The number of aliphatic hydroxyl groups is 1. The highest BCUT2D eigenvalue weighted by Gasteiger charge is 2.25. The molecule has 6 heteroatoms. The SMILES string of the molecule is COc1ccc(CC(N)C(O)CC(Cc2ccc(O)cc2)C(=O)O)cc1. The number of aliphatic carboxylic acids is 1. The number of carboxylic acid groups (broad SMARTS) is 1. The molecule has 0 amide bonds. The normalized spacial score (nSPS) is 14.4. The van der Waals surface area contributed by atoms with E-state index in [2.05, 4.69) is 0 Å². The van der Waals surface area contributed by atoms with Crippen molar-refractivity contribution in [3.05, 3.63) is 59.7 Å². The zero-order valence-electron chi connectivity index (χ0n) is 14.7. The number of aromatic hydroxyl groups is 1. The van der Waals surface area contributed by atoms with Crippen LogP contribution < -0.4 is 10.5 Å². The average Bonchev–Trinajstić information content (AvgIpc) is 2.63. The van der Waals surface area contributed by atoms with E-state index in [1.54, 1.807) is 19.2 Å². The fraction of sp³-hybridized carbons (Fsp3) is 0.350. The summed E-state index contributed by atoms with van der Waals surface area (Å²) in [6.07, 6.45) is -0.165. The number of rotatable bonds is 9. The number of benzene rings is 2. The molecule has 0 radical (unpaired) electrons. The van der Waals surface area contributed by atoms with Crippen molar-refractivity contribution < 1.29 is 24.9 Å². The lowest BCUT2D eigenvalue weighted by atomic mass is 9.90. The monoisotopic (exact) mass is 359 g/mol. The highest BCUT2D eigenvalue weighted by atomic mass is 16.5. The van der Waals surface area contributed by atoms with Gasteiger partial charge in [-0.1, -0.05) is 24.3 Å². The lowest BCUT2D eigenvalue weighted by molar-refractivity contribution is -0.142. The second kappa shape index (κ2) is 9.22. The summed E-state index contributed by atoms with van der Waals surface area (Å²) in [4.78, 5) is 11.5. The Hall–Kier alpha value is -2.57. The molecule has 5 N–H and O–H groups in total. The summed E-state index contributed by atoms with van der Waals surface area (Å²) in [6.45, 7) is 0. The van der Waals surface area contributed by atoms with Gasteiger partial charge in [0.2, 0.25) is 0 Å². The first-order chi connectivity index (χ1) is 12.4. The van der Waals surface area contributed by atoms with Crippen LogP contribution in [0.25, 0.3) is 0 Å². The topological polar surface area (TPSA) is 113 Å². The second-order valence-corrected chi connectivity index (χ2v) is 6.42. The fourth-order valence-corrected chi connectivity index (χ4v) is 2.82. The molecule has 2 aromatic rings. The molecule has 0 aliphatic carbocycles. The van der Waals surface area contributed by atoms with Crippen LogP contribution in [0.4, 0.5) is 0 Å².